The van der Waals surface area contributed by atoms with Crippen LogP contribution in [0.3, 0.4) is 0 Å². The lowest BCUT2D eigenvalue weighted by atomic mass is 10.1. The van der Waals surface area contributed by atoms with Crippen molar-refractivity contribution in [2.75, 3.05) is 26.6 Å². The molecular formula is C21H23N3O4. The molecule has 0 bridgehead atoms. The third kappa shape index (κ3) is 4.43. The Morgan fingerprint density at radius 1 is 1.00 bits per heavy atom. The molecule has 146 valence electrons. The van der Waals surface area contributed by atoms with Crippen LogP contribution in [0.1, 0.15) is 12.0 Å². The summed E-state index contributed by atoms with van der Waals surface area (Å²) in [6, 6.07) is 14.9. The third-order valence-electron chi connectivity index (χ3n) is 4.35. The van der Waals surface area contributed by atoms with Crippen LogP contribution in [0, 0.1) is 0 Å². The minimum absolute atomic E-state index is 0.136. The van der Waals surface area contributed by atoms with Crippen LogP contribution < -0.4 is 19.5 Å². The normalized spacial score (nSPS) is 10.4. The molecule has 0 fully saturated rings. The number of hydrogen-bond donors (Lipinski definition) is 2. The summed E-state index contributed by atoms with van der Waals surface area (Å²) in [5, 5.41) is 9.91. The largest absolute Gasteiger partial charge is 0.497 e. The van der Waals surface area contributed by atoms with Crippen LogP contribution in [0.2, 0.25) is 0 Å². The molecule has 0 atom stereocenters. The van der Waals surface area contributed by atoms with E-state index in [0.29, 0.717) is 18.7 Å². The molecule has 2 N–H and O–H groups in total. The van der Waals surface area contributed by atoms with Gasteiger partial charge in [0.05, 0.1) is 27.0 Å². The van der Waals surface area contributed by atoms with Gasteiger partial charge in [-0.25, -0.2) is 0 Å². The van der Waals surface area contributed by atoms with Gasteiger partial charge in [0.1, 0.15) is 17.2 Å². The highest BCUT2D eigenvalue weighted by Gasteiger charge is 2.12. The average molecular weight is 381 g/mol. The molecule has 0 saturated carbocycles. The predicted octanol–water partition coefficient (Wildman–Crippen LogP) is 3.67. The first kappa shape index (κ1) is 19.3. The van der Waals surface area contributed by atoms with Crippen LogP contribution >= 0.6 is 0 Å². The minimum Gasteiger partial charge on any atom is -0.497 e. The Bertz CT molecular complexity index is 952. The second kappa shape index (κ2) is 8.94. The van der Waals surface area contributed by atoms with Crippen molar-refractivity contribution in [2.45, 2.75) is 12.8 Å². The number of benzene rings is 2. The van der Waals surface area contributed by atoms with Crippen molar-refractivity contribution in [3.8, 4) is 28.5 Å². The maximum atomic E-state index is 12.3. The highest BCUT2D eigenvalue weighted by molar-refractivity contribution is 5.90. The Labute approximate surface area is 163 Å². The fourth-order valence-corrected chi connectivity index (χ4v) is 2.92. The molecule has 0 aliphatic heterocycles. The van der Waals surface area contributed by atoms with Crippen molar-refractivity contribution in [3.05, 3.63) is 54.1 Å². The Morgan fingerprint density at radius 3 is 2.54 bits per heavy atom. The van der Waals surface area contributed by atoms with Crippen LogP contribution in [-0.2, 0) is 11.2 Å². The van der Waals surface area contributed by atoms with Crippen LogP contribution in [0.25, 0.3) is 11.3 Å². The van der Waals surface area contributed by atoms with Gasteiger partial charge in [0.15, 0.2) is 5.82 Å². The molecule has 0 aliphatic carbocycles. The van der Waals surface area contributed by atoms with Crippen LogP contribution in [-0.4, -0.2) is 37.4 Å². The number of methoxy groups -OCH3 is 3. The van der Waals surface area contributed by atoms with Crippen molar-refractivity contribution >= 4 is 11.7 Å². The first-order valence-corrected chi connectivity index (χ1v) is 8.84. The van der Waals surface area contributed by atoms with E-state index in [2.05, 4.69) is 15.5 Å². The lowest BCUT2D eigenvalue weighted by molar-refractivity contribution is -0.116. The van der Waals surface area contributed by atoms with Crippen LogP contribution in [0.4, 0.5) is 5.82 Å². The molecule has 2 aromatic carbocycles. The van der Waals surface area contributed by atoms with Gasteiger partial charge >= 0.3 is 0 Å². The Hall–Kier alpha value is -3.48. The highest BCUT2D eigenvalue weighted by Crippen LogP contribution is 2.29. The quantitative estimate of drug-likeness (QED) is 0.622. The zero-order valence-corrected chi connectivity index (χ0v) is 16.1. The van der Waals surface area contributed by atoms with Crippen molar-refractivity contribution < 1.29 is 19.0 Å². The smallest absolute Gasteiger partial charge is 0.225 e. The first-order valence-electron chi connectivity index (χ1n) is 8.84. The number of carbonyl (C=O) groups excluding carboxylic acids is 1. The van der Waals surface area contributed by atoms with Gasteiger partial charge < -0.3 is 19.5 Å². The van der Waals surface area contributed by atoms with Gasteiger partial charge in [-0.2, -0.15) is 5.10 Å². The van der Waals surface area contributed by atoms with Gasteiger partial charge in [-0.3, -0.25) is 9.89 Å². The van der Waals surface area contributed by atoms with Gasteiger partial charge in [0, 0.05) is 18.1 Å². The molecule has 1 amide bonds. The lowest BCUT2D eigenvalue weighted by Gasteiger charge is -2.10. The molecule has 0 spiro atoms. The van der Waals surface area contributed by atoms with E-state index in [1.165, 1.54) is 0 Å². The monoisotopic (exact) mass is 381 g/mol. The summed E-state index contributed by atoms with van der Waals surface area (Å²) in [6.07, 6.45) is 0.816. The first-order chi connectivity index (χ1) is 13.6. The van der Waals surface area contributed by atoms with E-state index >= 15 is 0 Å². The molecule has 7 nitrogen and oxygen atoms in total. The zero-order chi connectivity index (χ0) is 19.9. The number of carbonyl (C=O) groups is 1. The third-order valence-corrected chi connectivity index (χ3v) is 4.35. The van der Waals surface area contributed by atoms with Crippen LogP contribution in [0.15, 0.2) is 48.5 Å². The average Bonchev–Trinajstić information content (AvgIpc) is 3.20. The summed E-state index contributed by atoms with van der Waals surface area (Å²) in [5.74, 6) is 2.51. The molecular weight excluding hydrogens is 358 g/mol. The minimum atomic E-state index is -0.136. The number of rotatable bonds is 8. The Morgan fingerprint density at radius 2 is 1.79 bits per heavy atom. The van der Waals surface area contributed by atoms with E-state index in [-0.39, 0.29) is 5.91 Å². The van der Waals surface area contributed by atoms with Crippen molar-refractivity contribution in [2.24, 2.45) is 0 Å². The summed E-state index contributed by atoms with van der Waals surface area (Å²) in [6.45, 7) is 0. The number of nitrogens with zero attached hydrogens (tertiary/aromatic N) is 1. The Kier molecular flexibility index (Phi) is 6.16. The second-order valence-corrected chi connectivity index (χ2v) is 6.09. The summed E-state index contributed by atoms with van der Waals surface area (Å²) in [4.78, 5) is 12.3. The molecule has 1 aromatic heterocycles. The zero-order valence-electron chi connectivity index (χ0n) is 16.1. The fraction of sp³-hybridized carbons (Fsp3) is 0.238. The number of nitrogens with one attached hydrogen (secondary N) is 2. The molecule has 3 rings (SSSR count). The number of aromatic amines is 1. The maximum Gasteiger partial charge on any atom is 0.225 e. The molecule has 3 aromatic rings. The van der Waals surface area contributed by atoms with Crippen LogP contribution in [0.5, 0.6) is 17.2 Å². The lowest BCUT2D eigenvalue weighted by Crippen LogP contribution is -2.12. The molecule has 7 heteroatoms. The number of anilines is 1. The highest BCUT2D eigenvalue weighted by atomic mass is 16.5. The summed E-state index contributed by atoms with van der Waals surface area (Å²) < 4.78 is 16.0. The van der Waals surface area contributed by atoms with Gasteiger partial charge in [0.25, 0.3) is 0 Å². The molecule has 0 radical (unpaired) electrons. The van der Waals surface area contributed by atoms with Gasteiger partial charge in [-0.05, 0) is 42.3 Å². The van der Waals surface area contributed by atoms with E-state index in [1.807, 2.05) is 42.5 Å². The SMILES string of the molecule is COc1ccc(OC)c(CCC(=O)Nc2cc(-c3ccccc3OC)[nH]n2)c1. The van der Waals surface area contributed by atoms with E-state index < -0.39 is 0 Å². The van der Waals surface area contributed by atoms with Gasteiger partial charge in [-0.15, -0.1) is 0 Å². The molecule has 28 heavy (non-hydrogen) atoms. The van der Waals surface area contributed by atoms with Gasteiger partial charge in [-0.1, -0.05) is 12.1 Å². The standard InChI is InChI=1S/C21H23N3O4/c1-26-15-9-10-18(27-2)14(12-15)8-11-21(25)22-20-13-17(23-24-20)16-6-4-5-7-19(16)28-3/h4-7,9-10,12-13H,8,11H2,1-3H3,(H2,22,23,24,25). The number of H-pyrrole nitrogens is 1. The number of ether oxygens (including phenoxy) is 3. The Balaban J connectivity index is 1.64. The molecule has 0 unspecified atom stereocenters. The van der Waals surface area contributed by atoms with E-state index in [1.54, 1.807) is 27.4 Å². The second-order valence-electron chi connectivity index (χ2n) is 6.09. The predicted molar refractivity (Wildman–Crippen MR) is 107 cm³/mol. The van der Waals surface area contributed by atoms with Crippen molar-refractivity contribution in [1.29, 1.82) is 0 Å². The number of para-hydroxylation sites is 1. The summed E-state index contributed by atoms with van der Waals surface area (Å²) >= 11 is 0. The topological polar surface area (TPSA) is 85.5 Å². The molecule has 1 heterocycles. The van der Waals surface area contributed by atoms with E-state index in [4.69, 9.17) is 14.2 Å². The summed E-state index contributed by atoms with van der Waals surface area (Å²) in [7, 11) is 4.83. The number of hydrogen-bond acceptors (Lipinski definition) is 5. The number of aryl methyl sites for hydroxylation is 1. The van der Waals surface area contributed by atoms with E-state index in [0.717, 1.165) is 34.1 Å². The van der Waals surface area contributed by atoms with Gasteiger partial charge in [0.2, 0.25) is 5.91 Å². The number of aromatic nitrogens is 2. The summed E-state index contributed by atoms with van der Waals surface area (Å²) in [5.41, 5.74) is 2.55. The number of amides is 1. The molecule has 0 aliphatic rings. The van der Waals surface area contributed by atoms with Crippen molar-refractivity contribution in [3.63, 3.8) is 0 Å². The fourth-order valence-electron chi connectivity index (χ4n) is 2.92. The van der Waals surface area contributed by atoms with Crippen molar-refractivity contribution in [1.82, 2.24) is 10.2 Å². The van der Waals surface area contributed by atoms with E-state index in [9.17, 15) is 4.79 Å². The maximum absolute atomic E-state index is 12.3. The molecule has 0 saturated heterocycles.